The Balaban J connectivity index is 0.00000112. The Hall–Kier alpha value is -0.280. The summed E-state index contributed by atoms with van der Waals surface area (Å²) in [7, 11) is 0. The summed E-state index contributed by atoms with van der Waals surface area (Å²) in [6.45, 7) is 6.39. The minimum Gasteiger partial charge on any atom is -0.480 e. The van der Waals surface area contributed by atoms with E-state index in [9.17, 15) is 9.90 Å². The molecular weight excluding hydrogens is 214 g/mol. The van der Waals surface area contributed by atoms with Crippen molar-refractivity contribution in [3.8, 4) is 0 Å². The number of aliphatic carboxylic acids is 1. The van der Waals surface area contributed by atoms with Crippen LogP contribution in [0.4, 0.5) is 0 Å². The summed E-state index contributed by atoms with van der Waals surface area (Å²) < 4.78 is 0. The van der Waals surface area contributed by atoms with E-state index in [1.165, 1.54) is 0 Å². The predicted molar refractivity (Wildman–Crippen MR) is 61.0 cm³/mol. The summed E-state index contributed by atoms with van der Waals surface area (Å²) in [5.74, 6) is -0.344. The SMILES string of the molecule is CC1(C)[C@H]2CC[C@]1(C)[C@](N)(C(=O)O)C2.Cl. The lowest BCUT2D eigenvalue weighted by Crippen LogP contribution is -2.59. The van der Waals surface area contributed by atoms with Crippen molar-refractivity contribution in [1.82, 2.24) is 0 Å². The van der Waals surface area contributed by atoms with Crippen molar-refractivity contribution in [2.75, 3.05) is 0 Å². The van der Waals surface area contributed by atoms with Gasteiger partial charge in [0.1, 0.15) is 5.54 Å². The number of carboxylic acid groups (broad SMARTS) is 1. The van der Waals surface area contributed by atoms with Crippen LogP contribution in [0, 0.1) is 16.7 Å². The van der Waals surface area contributed by atoms with Crippen LogP contribution in [0.25, 0.3) is 0 Å². The standard InChI is InChI=1S/C11H19NO2.ClH/c1-9(2)7-4-5-10(9,3)11(12,6-7)8(13)14;/h7H,4-6,12H2,1-3H3,(H,13,14);1H/t7-,10-,11+;/m0./s1. The average Bonchev–Trinajstić information content (AvgIpc) is 2.36. The van der Waals surface area contributed by atoms with Gasteiger partial charge in [0, 0.05) is 5.41 Å². The molecule has 0 spiro atoms. The molecule has 0 aliphatic heterocycles. The Kier molecular flexibility index (Phi) is 2.65. The molecule has 2 bridgehead atoms. The summed E-state index contributed by atoms with van der Waals surface area (Å²) in [4.78, 5) is 11.3. The Morgan fingerprint density at radius 1 is 1.40 bits per heavy atom. The molecule has 0 aromatic carbocycles. The highest BCUT2D eigenvalue weighted by Gasteiger charge is 2.70. The number of hydrogen-bond donors (Lipinski definition) is 2. The van der Waals surface area contributed by atoms with E-state index >= 15 is 0 Å². The summed E-state index contributed by atoms with van der Waals surface area (Å²) in [5, 5.41) is 9.27. The molecule has 2 fully saturated rings. The zero-order valence-electron chi connectivity index (χ0n) is 9.54. The largest absolute Gasteiger partial charge is 0.480 e. The summed E-state index contributed by atoms with van der Waals surface area (Å²) in [6.07, 6.45) is 2.73. The van der Waals surface area contributed by atoms with E-state index in [0.717, 1.165) is 12.8 Å². The Morgan fingerprint density at radius 3 is 2.13 bits per heavy atom. The zero-order valence-corrected chi connectivity index (χ0v) is 10.4. The van der Waals surface area contributed by atoms with Gasteiger partial charge >= 0.3 is 5.97 Å². The minimum absolute atomic E-state index is 0. The number of rotatable bonds is 1. The fourth-order valence-corrected chi connectivity index (χ4v) is 3.69. The minimum atomic E-state index is -1.00. The van der Waals surface area contributed by atoms with Gasteiger partial charge < -0.3 is 10.8 Å². The molecule has 0 amide bonds. The summed E-state index contributed by atoms with van der Waals surface area (Å²) >= 11 is 0. The van der Waals surface area contributed by atoms with Crippen molar-refractivity contribution >= 4 is 18.4 Å². The molecule has 3 nitrogen and oxygen atoms in total. The summed E-state index contributed by atoms with van der Waals surface area (Å²) in [5.41, 5.74) is 4.93. The van der Waals surface area contributed by atoms with Crippen molar-refractivity contribution < 1.29 is 9.90 Å². The lowest BCUT2D eigenvalue weighted by molar-refractivity contribution is -0.149. The fourth-order valence-electron chi connectivity index (χ4n) is 3.69. The monoisotopic (exact) mass is 233 g/mol. The highest BCUT2D eigenvalue weighted by molar-refractivity contribution is 5.85. The van der Waals surface area contributed by atoms with Crippen LogP contribution in [0.2, 0.25) is 0 Å². The lowest BCUT2D eigenvalue weighted by Gasteiger charge is -2.43. The van der Waals surface area contributed by atoms with Crippen LogP contribution >= 0.6 is 12.4 Å². The Labute approximate surface area is 96.8 Å². The van der Waals surface area contributed by atoms with Gasteiger partial charge in [0.05, 0.1) is 0 Å². The molecule has 0 heterocycles. The number of halogens is 1. The van der Waals surface area contributed by atoms with E-state index in [-0.39, 0.29) is 23.2 Å². The molecule has 0 aromatic heterocycles. The molecule has 3 N–H and O–H groups in total. The number of fused-ring (bicyclic) bond motifs is 2. The average molecular weight is 234 g/mol. The van der Waals surface area contributed by atoms with Gasteiger partial charge in [-0.3, -0.25) is 4.79 Å². The molecule has 3 atom stereocenters. The molecule has 15 heavy (non-hydrogen) atoms. The van der Waals surface area contributed by atoms with Crippen LogP contribution in [0.5, 0.6) is 0 Å². The van der Waals surface area contributed by atoms with Gasteiger partial charge in [-0.25, -0.2) is 0 Å². The third kappa shape index (κ3) is 1.14. The summed E-state index contributed by atoms with van der Waals surface area (Å²) in [6, 6.07) is 0. The van der Waals surface area contributed by atoms with E-state index in [1.54, 1.807) is 0 Å². The van der Waals surface area contributed by atoms with Crippen LogP contribution in [0.15, 0.2) is 0 Å². The molecule has 0 radical (unpaired) electrons. The molecule has 2 aliphatic rings. The van der Waals surface area contributed by atoms with Gasteiger partial charge in [0.25, 0.3) is 0 Å². The van der Waals surface area contributed by atoms with Crippen LogP contribution < -0.4 is 5.73 Å². The Morgan fingerprint density at radius 2 is 1.93 bits per heavy atom. The Bertz CT molecular complexity index is 305. The quantitative estimate of drug-likeness (QED) is 0.729. The van der Waals surface area contributed by atoms with Crippen molar-refractivity contribution in [2.45, 2.75) is 45.6 Å². The van der Waals surface area contributed by atoms with Crippen LogP contribution in [-0.4, -0.2) is 16.6 Å². The first kappa shape index (κ1) is 12.8. The molecule has 2 aliphatic carbocycles. The van der Waals surface area contributed by atoms with Gasteiger partial charge in [0.2, 0.25) is 0 Å². The second-order valence-electron chi connectivity index (χ2n) is 5.77. The molecule has 88 valence electrons. The molecule has 0 saturated heterocycles. The second-order valence-corrected chi connectivity index (χ2v) is 5.77. The van der Waals surface area contributed by atoms with Crippen LogP contribution in [-0.2, 0) is 4.79 Å². The highest BCUT2D eigenvalue weighted by Crippen LogP contribution is 2.68. The first-order chi connectivity index (χ1) is 6.26. The van der Waals surface area contributed by atoms with Crippen molar-refractivity contribution in [3.63, 3.8) is 0 Å². The van der Waals surface area contributed by atoms with Gasteiger partial charge in [-0.1, -0.05) is 20.8 Å². The highest BCUT2D eigenvalue weighted by atomic mass is 35.5. The number of carbonyl (C=O) groups is 1. The van der Waals surface area contributed by atoms with Crippen LogP contribution in [0.3, 0.4) is 0 Å². The lowest BCUT2D eigenvalue weighted by atomic mass is 9.63. The fraction of sp³-hybridized carbons (Fsp3) is 0.909. The third-order valence-electron chi connectivity index (χ3n) is 5.37. The van der Waals surface area contributed by atoms with Crippen molar-refractivity contribution in [2.24, 2.45) is 22.5 Å². The van der Waals surface area contributed by atoms with Crippen LogP contribution in [0.1, 0.15) is 40.0 Å². The first-order valence-corrected chi connectivity index (χ1v) is 5.28. The van der Waals surface area contributed by atoms with E-state index < -0.39 is 11.5 Å². The van der Waals surface area contributed by atoms with E-state index in [2.05, 4.69) is 13.8 Å². The van der Waals surface area contributed by atoms with Crippen molar-refractivity contribution in [1.29, 1.82) is 0 Å². The third-order valence-corrected chi connectivity index (χ3v) is 5.37. The number of nitrogens with two attached hydrogens (primary N) is 1. The molecule has 2 rings (SSSR count). The van der Waals surface area contributed by atoms with Gasteiger partial charge in [0.15, 0.2) is 0 Å². The molecule has 0 unspecified atom stereocenters. The molecular formula is C11H20ClNO2. The molecule has 0 aromatic rings. The zero-order chi connectivity index (χ0) is 10.8. The molecule has 2 saturated carbocycles. The van der Waals surface area contributed by atoms with E-state index in [0.29, 0.717) is 12.3 Å². The maximum absolute atomic E-state index is 11.3. The predicted octanol–water partition coefficient (Wildman–Crippen LogP) is 2.04. The van der Waals surface area contributed by atoms with Crippen molar-refractivity contribution in [3.05, 3.63) is 0 Å². The second kappa shape index (κ2) is 3.11. The molecule has 4 heteroatoms. The van der Waals surface area contributed by atoms with E-state index in [1.807, 2.05) is 6.92 Å². The van der Waals surface area contributed by atoms with E-state index in [4.69, 9.17) is 5.73 Å². The smallest absolute Gasteiger partial charge is 0.324 e. The van der Waals surface area contributed by atoms with Gasteiger partial charge in [-0.2, -0.15) is 0 Å². The number of carboxylic acids is 1. The topological polar surface area (TPSA) is 63.3 Å². The normalized spacial score (nSPS) is 46.3. The number of hydrogen-bond acceptors (Lipinski definition) is 2. The maximum atomic E-state index is 11.3. The first-order valence-electron chi connectivity index (χ1n) is 5.28. The van der Waals surface area contributed by atoms with Gasteiger partial charge in [-0.05, 0) is 30.6 Å². The maximum Gasteiger partial charge on any atom is 0.324 e. The van der Waals surface area contributed by atoms with Gasteiger partial charge in [-0.15, -0.1) is 12.4 Å².